The van der Waals surface area contributed by atoms with Crippen molar-refractivity contribution in [1.82, 2.24) is 9.97 Å². The summed E-state index contributed by atoms with van der Waals surface area (Å²) in [6.45, 7) is -0.152. The van der Waals surface area contributed by atoms with Crippen LogP contribution in [0.4, 0.5) is 5.69 Å². The van der Waals surface area contributed by atoms with Crippen LogP contribution >= 0.6 is 50.7 Å². The zero-order valence-electron chi connectivity index (χ0n) is 10.0. The third-order valence-electron chi connectivity index (χ3n) is 2.39. The molecule has 0 amide bonds. The summed E-state index contributed by atoms with van der Waals surface area (Å²) < 4.78 is 5.85. The van der Waals surface area contributed by atoms with Gasteiger partial charge in [-0.15, -0.1) is 0 Å². The molecule has 6 nitrogen and oxygen atoms in total. The fourth-order valence-corrected chi connectivity index (χ4v) is 2.73. The first-order valence-corrected chi connectivity index (χ1v) is 7.24. The normalized spacial score (nSPS) is 10.5. The van der Waals surface area contributed by atoms with Gasteiger partial charge in [-0.3, -0.25) is 10.1 Å². The predicted molar refractivity (Wildman–Crippen MR) is 82.2 cm³/mol. The highest BCUT2D eigenvalue weighted by atomic mass is 79.9. The standard InChI is InChI=1S/C11H5BrCl3N3O3/c12-5-1-7(13)9(8(2-5)18(19)20)21-3-6-10(14)16-4-17-11(6)15/h1-2,4H,3H2. The molecule has 0 aliphatic heterocycles. The summed E-state index contributed by atoms with van der Waals surface area (Å²) in [5.74, 6) is -0.0825. The molecule has 0 aliphatic carbocycles. The van der Waals surface area contributed by atoms with E-state index in [0.29, 0.717) is 10.0 Å². The summed E-state index contributed by atoms with van der Waals surface area (Å²) in [7, 11) is 0. The number of ether oxygens (including phenoxy) is 1. The molecule has 0 saturated heterocycles. The molecular formula is C11H5BrCl3N3O3. The Kier molecular flexibility index (Phi) is 5.21. The molecule has 0 fully saturated rings. The van der Waals surface area contributed by atoms with Gasteiger partial charge in [0.2, 0.25) is 5.75 Å². The maximum Gasteiger partial charge on any atom is 0.313 e. The molecular weight excluding hydrogens is 408 g/mol. The second-order valence-electron chi connectivity index (χ2n) is 3.72. The highest BCUT2D eigenvalue weighted by molar-refractivity contribution is 9.10. The number of hydrogen-bond acceptors (Lipinski definition) is 5. The number of rotatable bonds is 4. The summed E-state index contributed by atoms with van der Waals surface area (Å²) in [4.78, 5) is 18.0. The third kappa shape index (κ3) is 3.74. The van der Waals surface area contributed by atoms with Gasteiger partial charge in [0, 0.05) is 10.5 Å². The van der Waals surface area contributed by atoms with Gasteiger partial charge in [0.1, 0.15) is 23.2 Å². The number of aromatic nitrogens is 2. The molecule has 1 heterocycles. The first kappa shape index (κ1) is 16.2. The molecule has 0 unspecified atom stereocenters. The van der Waals surface area contributed by atoms with Crippen LogP contribution in [-0.4, -0.2) is 14.9 Å². The predicted octanol–water partition coefficient (Wildman–Crippen LogP) is 4.69. The lowest BCUT2D eigenvalue weighted by Gasteiger charge is -2.10. The van der Waals surface area contributed by atoms with E-state index in [-0.39, 0.29) is 33.4 Å². The van der Waals surface area contributed by atoms with Crippen molar-refractivity contribution in [3.8, 4) is 5.75 Å². The van der Waals surface area contributed by atoms with Crippen molar-refractivity contribution in [1.29, 1.82) is 0 Å². The number of nitro benzene ring substituents is 1. The maximum atomic E-state index is 11.0. The van der Waals surface area contributed by atoms with Gasteiger partial charge in [0.15, 0.2) is 0 Å². The summed E-state index contributed by atoms with van der Waals surface area (Å²) in [6.07, 6.45) is 1.20. The molecule has 0 N–H and O–H groups in total. The lowest BCUT2D eigenvalue weighted by Crippen LogP contribution is -2.03. The number of nitrogens with zero attached hydrogens (tertiary/aromatic N) is 3. The SMILES string of the molecule is O=[N+]([O-])c1cc(Br)cc(Cl)c1OCc1c(Cl)ncnc1Cl. The first-order chi connectivity index (χ1) is 9.90. The highest BCUT2D eigenvalue weighted by Gasteiger charge is 2.21. The Morgan fingerprint density at radius 1 is 1.24 bits per heavy atom. The average Bonchev–Trinajstić information content (AvgIpc) is 2.39. The monoisotopic (exact) mass is 411 g/mol. The van der Waals surface area contributed by atoms with E-state index in [1.807, 2.05) is 0 Å². The van der Waals surface area contributed by atoms with Gasteiger partial charge < -0.3 is 4.74 Å². The van der Waals surface area contributed by atoms with Crippen molar-refractivity contribution < 1.29 is 9.66 Å². The second-order valence-corrected chi connectivity index (χ2v) is 5.75. The van der Waals surface area contributed by atoms with Crippen LogP contribution in [0.2, 0.25) is 15.3 Å². The van der Waals surface area contributed by atoms with Crippen molar-refractivity contribution >= 4 is 56.4 Å². The number of nitro groups is 1. The van der Waals surface area contributed by atoms with Crippen LogP contribution in [0, 0.1) is 10.1 Å². The zero-order chi connectivity index (χ0) is 15.6. The Labute approximate surface area is 142 Å². The van der Waals surface area contributed by atoms with Gasteiger partial charge in [-0.2, -0.15) is 0 Å². The molecule has 2 rings (SSSR count). The van der Waals surface area contributed by atoms with Crippen molar-refractivity contribution in [3.63, 3.8) is 0 Å². The van der Waals surface area contributed by atoms with Crippen molar-refractivity contribution in [2.24, 2.45) is 0 Å². The Hall–Kier alpha value is -1.15. The van der Waals surface area contributed by atoms with Gasteiger partial charge >= 0.3 is 5.69 Å². The van der Waals surface area contributed by atoms with Gasteiger partial charge in [0.05, 0.1) is 15.5 Å². The average molecular weight is 413 g/mol. The lowest BCUT2D eigenvalue weighted by atomic mass is 10.3. The number of halogens is 4. The van der Waals surface area contributed by atoms with Crippen molar-refractivity contribution in [3.05, 3.63) is 53.9 Å². The van der Waals surface area contributed by atoms with Crippen LogP contribution in [-0.2, 0) is 6.61 Å². The second kappa shape index (κ2) is 6.74. The Morgan fingerprint density at radius 2 is 1.86 bits per heavy atom. The van der Waals surface area contributed by atoms with Crippen LogP contribution < -0.4 is 4.74 Å². The molecule has 0 radical (unpaired) electrons. The van der Waals surface area contributed by atoms with E-state index in [4.69, 9.17) is 39.5 Å². The Morgan fingerprint density at radius 3 is 2.43 bits per heavy atom. The molecule has 0 saturated carbocycles. The molecule has 10 heteroatoms. The summed E-state index contributed by atoms with van der Waals surface area (Å²) in [6, 6.07) is 2.76. The fourth-order valence-electron chi connectivity index (χ4n) is 1.46. The van der Waals surface area contributed by atoms with Crippen LogP contribution in [0.15, 0.2) is 22.9 Å². The molecule has 21 heavy (non-hydrogen) atoms. The summed E-state index contributed by atoms with van der Waals surface area (Å²) >= 11 is 20.8. The molecule has 0 aliphatic rings. The molecule has 0 spiro atoms. The quantitative estimate of drug-likeness (QED) is 0.413. The third-order valence-corrected chi connectivity index (χ3v) is 3.78. The van der Waals surface area contributed by atoms with Crippen LogP contribution in [0.25, 0.3) is 0 Å². The number of benzene rings is 1. The van der Waals surface area contributed by atoms with Gasteiger partial charge in [-0.1, -0.05) is 50.7 Å². The van der Waals surface area contributed by atoms with Crippen LogP contribution in [0.5, 0.6) is 5.75 Å². The topological polar surface area (TPSA) is 78.2 Å². The molecule has 110 valence electrons. The number of hydrogen-bond donors (Lipinski definition) is 0. The summed E-state index contributed by atoms with van der Waals surface area (Å²) in [5, 5.41) is 11.3. The highest BCUT2D eigenvalue weighted by Crippen LogP contribution is 2.38. The molecule has 2 aromatic rings. The van der Waals surface area contributed by atoms with E-state index in [1.54, 1.807) is 0 Å². The fraction of sp³-hybridized carbons (Fsp3) is 0.0909. The van der Waals surface area contributed by atoms with Crippen LogP contribution in [0.1, 0.15) is 5.56 Å². The maximum absolute atomic E-state index is 11.0. The minimum Gasteiger partial charge on any atom is -0.481 e. The zero-order valence-corrected chi connectivity index (χ0v) is 13.9. The van der Waals surface area contributed by atoms with E-state index in [2.05, 4.69) is 25.9 Å². The van der Waals surface area contributed by atoms with Gasteiger partial charge in [0.25, 0.3) is 0 Å². The van der Waals surface area contributed by atoms with E-state index < -0.39 is 4.92 Å². The van der Waals surface area contributed by atoms with Gasteiger partial charge in [-0.05, 0) is 6.07 Å². The van der Waals surface area contributed by atoms with E-state index in [0.717, 1.165) is 0 Å². The first-order valence-electron chi connectivity index (χ1n) is 5.31. The van der Waals surface area contributed by atoms with Crippen molar-refractivity contribution in [2.75, 3.05) is 0 Å². The largest absolute Gasteiger partial charge is 0.481 e. The van der Waals surface area contributed by atoms with E-state index in [1.165, 1.54) is 18.5 Å². The Bertz CT molecular complexity index is 694. The van der Waals surface area contributed by atoms with E-state index in [9.17, 15) is 10.1 Å². The lowest BCUT2D eigenvalue weighted by molar-refractivity contribution is -0.386. The molecule has 0 bridgehead atoms. The van der Waals surface area contributed by atoms with E-state index >= 15 is 0 Å². The molecule has 0 atom stereocenters. The summed E-state index contributed by atoms with van der Waals surface area (Å²) in [5.41, 5.74) is 0.0348. The Balaban J connectivity index is 2.34. The van der Waals surface area contributed by atoms with Crippen molar-refractivity contribution in [2.45, 2.75) is 6.61 Å². The minimum absolute atomic E-state index is 0.0825. The van der Waals surface area contributed by atoms with Gasteiger partial charge in [-0.25, -0.2) is 9.97 Å². The minimum atomic E-state index is -0.601. The molecule has 1 aromatic carbocycles. The molecule has 1 aromatic heterocycles. The smallest absolute Gasteiger partial charge is 0.313 e. The van der Waals surface area contributed by atoms with Crippen LogP contribution in [0.3, 0.4) is 0 Å².